The lowest BCUT2D eigenvalue weighted by molar-refractivity contribution is -0.142. The molecule has 2 aromatic carbocycles. The highest BCUT2D eigenvalue weighted by Gasteiger charge is 2.26. The molecule has 29 heavy (non-hydrogen) atoms. The third-order valence-electron chi connectivity index (χ3n) is 4.38. The number of methoxy groups -OCH3 is 1. The normalized spacial score (nSPS) is 11.4. The molecular formula is C22H27BrN2O4. The first-order valence-corrected chi connectivity index (χ1v) is 10.3. The highest BCUT2D eigenvalue weighted by atomic mass is 79.9. The van der Waals surface area contributed by atoms with Gasteiger partial charge in [0.2, 0.25) is 5.91 Å². The summed E-state index contributed by atoms with van der Waals surface area (Å²) in [6.07, 6.45) is 0.828. The Bertz CT molecular complexity index is 811. The van der Waals surface area contributed by atoms with Gasteiger partial charge in [-0.15, -0.1) is 0 Å². The molecule has 0 spiro atoms. The number of hydrogen-bond acceptors (Lipinski definition) is 4. The summed E-state index contributed by atoms with van der Waals surface area (Å²) in [5, 5.41) is 2.85. The van der Waals surface area contributed by atoms with Gasteiger partial charge in [0.15, 0.2) is 6.61 Å². The highest BCUT2D eigenvalue weighted by Crippen LogP contribution is 2.18. The van der Waals surface area contributed by atoms with Crippen molar-refractivity contribution in [1.82, 2.24) is 10.2 Å². The van der Waals surface area contributed by atoms with E-state index in [9.17, 15) is 9.59 Å². The second kappa shape index (κ2) is 11.5. The largest absolute Gasteiger partial charge is 0.497 e. The SMILES string of the molecule is CCCNC(=O)[C@H](C)N(Cc1cccc(OC)c1)C(=O)COc1ccc(Br)cc1. The second-order valence-corrected chi connectivity index (χ2v) is 7.50. The lowest BCUT2D eigenvalue weighted by atomic mass is 10.1. The number of carbonyl (C=O) groups is 2. The monoisotopic (exact) mass is 462 g/mol. The zero-order valence-electron chi connectivity index (χ0n) is 17.0. The molecule has 156 valence electrons. The molecular weight excluding hydrogens is 436 g/mol. The van der Waals surface area contributed by atoms with E-state index in [2.05, 4.69) is 21.2 Å². The van der Waals surface area contributed by atoms with Crippen LogP contribution in [0.25, 0.3) is 0 Å². The van der Waals surface area contributed by atoms with E-state index < -0.39 is 6.04 Å². The molecule has 0 saturated carbocycles. The van der Waals surface area contributed by atoms with Crippen LogP contribution in [0.3, 0.4) is 0 Å². The maximum atomic E-state index is 12.9. The van der Waals surface area contributed by atoms with E-state index in [1.165, 1.54) is 4.90 Å². The van der Waals surface area contributed by atoms with Gasteiger partial charge in [0.25, 0.3) is 5.91 Å². The van der Waals surface area contributed by atoms with Gasteiger partial charge in [0.1, 0.15) is 17.5 Å². The van der Waals surface area contributed by atoms with Crippen molar-refractivity contribution < 1.29 is 19.1 Å². The van der Waals surface area contributed by atoms with Crippen molar-refractivity contribution in [3.63, 3.8) is 0 Å². The van der Waals surface area contributed by atoms with Crippen LogP contribution < -0.4 is 14.8 Å². The first kappa shape index (κ1) is 22.7. The number of benzene rings is 2. The molecule has 0 radical (unpaired) electrons. The molecule has 7 heteroatoms. The van der Waals surface area contributed by atoms with Crippen LogP contribution in [0.15, 0.2) is 53.0 Å². The topological polar surface area (TPSA) is 67.9 Å². The third-order valence-corrected chi connectivity index (χ3v) is 4.91. The van der Waals surface area contributed by atoms with Gasteiger partial charge >= 0.3 is 0 Å². The van der Waals surface area contributed by atoms with Crippen LogP contribution in [0, 0.1) is 0 Å². The quantitative estimate of drug-likeness (QED) is 0.583. The van der Waals surface area contributed by atoms with E-state index in [0.29, 0.717) is 18.0 Å². The first-order valence-electron chi connectivity index (χ1n) is 9.53. The van der Waals surface area contributed by atoms with E-state index >= 15 is 0 Å². The van der Waals surface area contributed by atoms with Crippen molar-refractivity contribution in [2.45, 2.75) is 32.9 Å². The summed E-state index contributed by atoms with van der Waals surface area (Å²) in [6, 6.07) is 14.1. The Morgan fingerprint density at radius 3 is 2.52 bits per heavy atom. The fraction of sp³-hybridized carbons (Fsp3) is 0.364. The Labute approximate surface area is 180 Å². The molecule has 0 aromatic heterocycles. The molecule has 0 saturated heterocycles. The predicted molar refractivity (Wildman–Crippen MR) is 116 cm³/mol. The molecule has 1 N–H and O–H groups in total. The molecule has 0 aliphatic carbocycles. The van der Waals surface area contributed by atoms with Gasteiger partial charge in [-0.2, -0.15) is 0 Å². The van der Waals surface area contributed by atoms with Crippen LogP contribution >= 0.6 is 15.9 Å². The maximum absolute atomic E-state index is 12.9. The van der Waals surface area contributed by atoms with Crippen LogP contribution in [0.2, 0.25) is 0 Å². The zero-order valence-corrected chi connectivity index (χ0v) is 18.6. The number of carbonyl (C=O) groups excluding carboxylic acids is 2. The van der Waals surface area contributed by atoms with Crippen LogP contribution in [-0.2, 0) is 16.1 Å². The zero-order chi connectivity index (χ0) is 21.2. The predicted octanol–water partition coefficient (Wildman–Crippen LogP) is 3.78. The van der Waals surface area contributed by atoms with Crippen LogP contribution in [0.4, 0.5) is 0 Å². The minimum Gasteiger partial charge on any atom is -0.497 e. The number of nitrogens with zero attached hydrogens (tertiary/aromatic N) is 1. The molecule has 1 atom stereocenters. The van der Waals surface area contributed by atoms with Gasteiger partial charge < -0.3 is 19.7 Å². The van der Waals surface area contributed by atoms with E-state index in [4.69, 9.17) is 9.47 Å². The van der Waals surface area contributed by atoms with Gasteiger partial charge in [0, 0.05) is 17.6 Å². The Kier molecular flexibility index (Phi) is 8.99. The average molecular weight is 463 g/mol. The molecule has 2 amide bonds. The van der Waals surface area contributed by atoms with E-state index in [0.717, 1.165) is 16.5 Å². The molecule has 0 aliphatic rings. The Balaban J connectivity index is 2.14. The summed E-state index contributed by atoms with van der Waals surface area (Å²) in [5.41, 5.74) is 0.872. The van der Waals surface area contributed by atoms with Crippen LogP contribution in [0.1, 0.15) is 25.8 Å². The van der Waals surface area contributed by atoms with Gasteiger partial charge in [-0.25, -0.2) is 0 Å². The number of ether oxygens (including phenoxy) is 2. The molecule has 6 nitrogen and oxygen atoms in total. The Hall–Kier alpha value is -2.54. The number of halogens is 1. The molecule has 0 aliphatic heterocycles. The average Bonchev–Trinajstić information content (AvgIpc) is 2.74. The summed E-state index contributed by atoms with van der Waals surface area (Å²) in [7, 11) is 1.59. The van der Waals surface area contributed by atoms with Gasteiger partial charge in [-0.05, 0) is 55.3 Å². The first-order chi connectivity index (χ1) is 13.9. The van der Waals surface area contributed by atoms with Crippen LogP contribution in [0.5, 0.6) is 11.5 Å². The lowest BCUT2D eigenvalue weighted by Crippen LogP contribution is -2.49. The standard InChI is InChI=1S/C22H27BrN2O4/c1-4-12-24-22(27)16(2)25(14-17-6-5-7-20(13-17)28-3)21(26)15-29-19-10-8-18(23)9-11-19/h5-11,13,16H,4,12,14-15H2,1-3H3,(H,24,27)/t16-/m0/s1. The summed E-state index contributed by atoms with van der Waals surface area (Å²) in [6.45, 7) is 4.40. The van der Waals surface area contributed by atoms with Crippen molar-refractivity contribution in [2.75, 3.05) is 20.3 Å². The van der Waals surface area contributed by atoms with Crippen molar-refractivity contribution >= 4 is 27.7 Å². The van der Waals surface area contributed by atoms with Gasteiger partial charge in [0.05, 0.1) is 7.11 Å². The van der Waals surface area contributed by atoms with Crippen molar-refractivity contribution in [3.8, 4) is 11.5 Å². The number of hydrogen-bond donors (Lipinski definition) is 1. The van der Waals surface area contributed by atoms with Crippen molar-refractivity contribution in [2.24, 2.45) is 0 Å². The number of rotatable bonds is 10. The Morgan fingerprint density at radius 2 is 1.86 bits per heavy atom. The van der Waals surface area contributed by atoms with E-state index in [1.807, 2.05) is 43.3 Å². The highest BCUT2D eigenvalue weighted by molar-refractivity contribution is 9.10. The van der Waals surface area contributed by atoms with E-state index in [1.54, 1.807) is 26.2 Å². The minimum atomic E-state index is -0.631. The van der Waals surface area contributed by atoms with Gasteiger partial charge in [-0.1, -0.05) is 35.0 Å². The van der Waals surface area contributed by atoms with Crippen molar-refractivity contribution in [1.29, 1.82) is 0 Å². The summed E-state index contributed by atoms with van der Waals surface area (Å²) in [5.74, 6) is 0.830. The smallest absolute Gasteiger partial charge is 0.261 e. The Morgan fingerprint density at radius 1 is 1.14 bits per heavy atom. The minimum absolute atomic E-state index is 0.156. The number of nitrogens with one attached hydrogen (secondary N) is 1. The fourth-order valence-electron chi connectivity index (χ4n) is 2.70. The summed E-state index contributed by atoms with van der Waals surface area (Å²) < 4.78 is 11.8. The molecule has 2 rings (SSSR count). The third kappa shape index (κ3) is 7.09. The number of amides is 2. The summed E-state index contributed by atoms with van der Waals surface area (Å²) >= 11 is 3.37. The summed E-state index contributed by atoms with van der Waals surface area (Å²) in [4.78, 5) is 27.0. The fourth-order valence-corrected chi connectivity index (χ4v) is 2.97. The lowest BCUT2D eigenvalue weighted by Gasteiger charge is -2.28. The maximum Gasteiger partial charge on any atom is 0.261 e. The molecule has 0 fully saturated rings. The molecule has 2 aromatic rings. The molecule has 0 unspecified atom stereocenters. The van der Waals surface area contributed by atoms with Crippen molar-refractivity contribution in [3.05, 3.63) is 58.6 Å². The van der Waals surface area contributed by atoms with Gasteiger partial charge in [-0.3, -0.25) is 9.59 Å². The van der Waals surface area contributed by atoms with E-state index in [-0.39, 0.29) is 25.0 Å². The molecule has 0 heterocycles. The second-order valence-electron chi connectivity index (χ2n) is 6.58. The molecule has 0 bridgehead atoms. The van der Waals surface area contributed by atoms with Crippen LogP contribution in [-0.4, -0.2) is 43.0 Å².